The van der Waals surface area contributed by atoms with Gasteiger partial charge >= 0.3 is 18.3 Å². The maximum absolute atomic E-state index is 13.9. The zero-order valence-electron chi connectivity index (χ0n) is 20.5. The molecule has 0 bridgehead atoms. The van der Waals surface area contributed by atoms with Crippen LogP contribution < -0.4 is 10.2 Å². The number of anilines is 1. The van der Waals surface area contributed by atoms with Crippen molar-refractivity contribution in [2.45, 2.75) is 38.4 Å². The van der Waals surface area contributed by atoms with Crippen LogP contribution in [0.2, 0.25) is 0 Å². The van der Waals surface area contributed by atoms with E-state index in [2.05, 4.69) is 15.2 Å². The number of nitrogens with one attached hydrogen (secondary N) is 1. The second kappa shape index (κ2) is 10.7. The predicted octanol–water partition coefficient (Wildman–Crippen LogP) is 5.82. The summed E-state index contributed by atoms with van der Waals surface area (Å²) in [5.74, 6) is -1.74. The number of nitrogens with zero attached hydrogens (tertiary/aromatic N) is 3. The van der Waals surface area contributed by atoms with Gasteiger partial charge in [-0.3, -0.25) is 4.79 Å². The fraction of sp³-hybridized carbons (Fsp3) is 0.320. The van der Waals surface area contributed by atoms with E-state index in [1.165, 1.54) is 42.3 Å². The molecule has 7 nitrogen and oxygen atoms in total. The molecule has 14 heteroatoms. The Labute approximate surface area is 232 Å². The molecule has 1 aromatic heterocycles. The number of carbonyl (C=O) groups is 2. The normalized spacial score (nSPS) is 14.2. The molecule has 2 aromatic carbocycles. The fourth-order valence-electron chi connectivity index (χ4n) is 4.32. The van der Waals surface area contributed by atoms with E-state index < -0.39 is 47.1 Å². The molecular formula is C25H21F6IN4O3. The summed E-state index contributed by atoms with van der Waals surface area (Å²) < 4.78 is 87.7. The van der Waals surface area contributed by atoms with Gasteiger partial charge in [-0.2, -0.15) is 31.4 Å². The monoisotopic (exact) mass is 666 g/mol. The van der Waals surface area contributed by atoms with Gasteiger partial charge in [0.05, 0.1) is 30.8 Å². The van der Waals surface area contributed by atoms with Crippen LogP contribution in [-0.4, -0.2) is 35.3 Å². The van der Waals surface area contributed by atoms with Gasteiger partial charge < -0.3 is 15.0 Å². The van der Waals surface area contributed by atoms with Crippen LogP contribution in [0.5, 0.6) is 0 Å². The second-order valence-electron chi connectivity index (χ2n) is 8.84. The molecule has 0 spiro atoms. The largest absolute Gasteiger partial charge is 0.465 e. The van der Waals surface area contributed by atoms with E-state index in [0.717, 1.165) is 16.8 Å². The Morgan fingerprint density at radius 1 is 1.05 bits per heavy atom. The summed E-state index contributed by atoms with van der Waals surface area (Å²) in [7, 11) is 1.22. The van der Waals surface area contributed by atoms with Crippen LogP contribution in [-0.2, 0) is 30.2 Å². The number of aromatic nitrogens is 2. The third-order valence-electron chi connectivity index (χ3n) is 6.14. The maximum Gasteiger partial charge on any atom is 0.436 e. The smallest absolute Gasteiger partial charge is 0.436 e. The predicted molar refractivity (Wildman–Crippen MR) is 136 cm³/mol. The number of amides is 1. The van der Waals surface area contributed by atoms with E-state index in [1.807, 2.05) is 0 Å². The number of alkyl halides is 6. The first kappa shape index (κ1) is 28.7. The molecule has 1 amide bonds. The maximum atomic E-state index is 13.9. The van der Waals surface area contributed by atoms with Gasteiger partial charge in [0.25, 0.3) is 5.91 Å². The molecule has 0 radical (unpaired) electrons. The first-order valence-corrected chi connectivity index (χ1v) is 12.6. The highest BCUT2D eigenvalue weighted by atomic mass is 127. The number of rotatable bonds is 6. The molecule has 2 heterocycles. The number of halogens is 7. The van der Waals surface area contributed by atoms with Gasteiger partial charge in [0.1, 0.15) is 11.4 Å². The molecule has 208 valence electrons. The van der Waals surface area contributed by atoms with Crippen molar-refractivity contribution in [3.8, 4) is 0 Å². The standard InChI is InChI=1S/C25H21F6IN4O3/c1-13(15-3-5-16(6-4-15)23(38)39-2)33-21(37)19-20(25(29,30)31)34-36-8-7-35(22(19)36)12-14-9-17(24(26,27)28)11-18(32)10-14/h3-6,9-11,13H,7-8,12H2,1-2H3,(H,33,37)/t13-/m0/s1. The molecule has 3 aromatic rings. The number of carbonyl (C=O) groups excluding carboxylic acids is 2. The van der Waals surface area contributed by atoms with Gasteiger partial charge in [0.15, 0.2) is 5.69 Å². The third kappa shape index (κ3) is 6.15. The van der Waals surface area contributed by atoms with Gasteiger partial charge in [0.2, 0.25) is 0 Å². The lowest BCUT2D eigenvalue weighted by molar-refractivity contribution is -0.142. The average molecular weight is 666 g/mol. The van der Waals surface area contributed by atoms with Crippen molar-refractivity contribution in [2.75, 3.05) is 18.6 Å². The molecule has 1 aliphatic heterocycles. The van der Waals surface area contributed by atoms with E-state index in [1.54, 1.807) is 29.5 Å². The molecular weight excluding hydrogens is 645 g/mol. The van der Waals surface area contributed by atoms with E-state index in [-0.39, 0.29) is 36.6 Å². The summed E-state index contributed by atoms with van der Waals surface area (Å²) in [6.07, 6.45) is -9.55. The molecule has 0 saturated heterocycles. The van der Waals surface area contributed by atoms with Crippen LogP contribution in [0.4, 0.5) is 32.2 Å². The lowest BCUT2D eigenvalue weighted by Crippen LogP contribution is -2.31. The van der Waals surface area contributed by atoms with Crippen molar-refractivity contribution in [3.63, 3.8) is 0 Å². The van der Waals surface area contributed by atoms with E-state index in [9.17, 15) is 35.9 Å². The minimum atomic E-state index is -4.95. The number of hydrogen-bond donors (Lipinski definition) is 1. The molecule has 1 N–H and O–H groups in total. The van der Waals surface area contributed by atoms with Gasteiger partial charge in [-0.1, -0.05) is 12.1 Å². The topological polar surface area (TPSA) is 76.5 Å². The lowest BCUT2D eigenvalue weighted by atomic mass is 10.1. The number of ether oxygens (including phenoxy) is 1. The molecule has 0 aliphatic carbocycles. The Morgan fingerprint density at radius 3 is 2.31 bits per heavy atom. The Kier molecular flexibility index (Phi) is 7.87. The number of fused-ring (bicyclic) bond motifs is 1. The summed E-state index contributed by atoms with van der Waals surface area (Å²) in [5, 5.41) is 6.17. The fourth-order valence-corrected chi connectivity index (χ4v) is 5.05. The molecule has 1 atom stereocenters. The first-order chi connectivity index (χ1) is 18.2. The summed E-state index contributed by atoms with van der Waals surface area (Å²) in [6.45, 7) is 1.57. The number of hydrogen-bond acceptors (Lipinski definition) is 5. The summed E-state index contributed by atoms with van der Waals surface area (Å²) in [6, 6.07) is 8.64. The van der Waals surface area contributed by atoms with E-state index >= 15 is 0 Å². The van der Waals surface area contributed by atoms with Gasteiger partial charge in [0, 0.05) is 16.7 Å². The van der Waals surface area contributed by atoms with Crippen molar-refractivity contribution in [2.24, 2.45) is 0 Å². The number of benzene rings is 2. The molecule has 0 saturated carbocycles. The zero-order chi connectivity index (χ0) is 28.7. The number of methoxy groups -OCH3 is 1. The minimum Gasteiger partial charge on any atom is -0.465 e. The molecule has 1 aliphatic rings. The SMILES string of the molecule is COC(=O)c1ccc([C@H](C)NC(=O)c2c(C(F)(F)F)nn3c2N(Cc2cc(I)cc(C(F)(F)F)c2)CC3)cc1. The summed E-state index contributed by atoms with van der Waals surface area (Å²) in [4.78, 5) is 26.3. The van der Waals surface area contributed by atoms with Crippen molar-refractivity contribution >= 4 is 40.3 Å². The Bertz CT molecular complexity index is 1400. The Balaban J connectivity index is 1.65. The Hall–Kier alpha value is -3.30. The quantitative estimate of drug-likeness (QED) is 0.204. The lowest BCUT2D eigenvalue weighted by Gasteiger charge is -2.21. The molecule has 0 fully saturated rings. The van der Waals surface area contributed by atoms with E-state index in [4.69, 9.17) is 0 Å². The summed E-state index contributed by atoms with van der Waals surface area (Å²) in [5.41, 5.74) is -1.97. The Morgan fingerprint density at radius 2 is 1.72 bits per heavy atom. The molecule has 0 unspecified atom stereocenters. The van der Waals surface area contributed by atoms with Crippen molar-refractivity contribution in [1.29, 1.82) is 0 Å². The third-order valence-corrected chi connectivity index (χ3v) is 6.76. The van der Waals surface area contributed by atoms with Crippen molar-refractivity contribution in [1.82, 2.24) is 15.1 Å². The van der Waals surface area contributed by atoms with E-state index in [0.29, 0.717) is 9.13 Å². The van der Waals surface area contributed by atoms with Gasteiger partial charge in [-0.05, 0) is 71.0 Å². The van der Waals surface area contributed by atoms with Crippen molar-refractivity contribution in [3.05, 3.63) is 79.5 Å². The van der Waals surface area contributed by atoms with Gasteiger partial charge in [-0.25, -0.2) is 9.48 Å². The minimum absolute atomic E-state index is 0.0201. The van der Waals surface area contributed by atoms with Crippen LogP contribution in [0.15, 0.2) is 42.5 Å². The molecule has 39 heavy (non-hydrogen) atoms. The van der Waals surface area contributed by atoms with Crippen LogP contribution in [0.25, 0.3) is 0 Å². The highest BCUT2D eigenvalue weighted by molar-refractivity contribution is 14.1. The second-order valence-corrected chi connectivity index (χ2v) is 10.1. The number of esters is 1. The molecule has 4 rings (SSSR count). The van der Waals surface area contributed by atoms with Crippen molar-refractivity contribution < 1.29 is 40.7 Å². The van der Waals surface area contributed by atoms with Crippen LogP contribution >= 0.6 is 22.6 Å². The van der Waals surface area contributed by atoms with Crippen LogP contribution in [0.3, 0.4) is 0 Å². The van der Waals surface area contributed by atoms with Crippen LogP contribution in [0, 0.1) is 3.57 Å². The van der Waals surface area contributed by atoms with Crippen LogP contribution in [0.1, 0.15) is 56.1 Å². The highest BCUT2D eigenvalue weighted by Crippen LogP contribution is 2.39. The average Bonchev–Trinajstić information content (AvgIpc) is 3.43. The first-order valence-electron chi connectivity index (χ1n) is 11.5. The highest BCUT2D eigenvalue weighted by Gasteiger charge is 2.44. The summed E-state index contributed by atoms with van der Waals surface area (Å²) >= 11 is 1.74. The zero-order valence-corrected chi connectivity index (χ0v) is 22.6. The van der Waals surface area contributed by atoms with Gasteiger partial charge in [-0.15, -0.1) is 0 Å².